The summed E-state index contributed by atoms with van der Waals surface area (Å²) in [6.07, 6.45) is 0. The second kappa shape index (κ2) is 7.21. The Labute approximate surface area is 158 Å². The van der Waals surface area contributed by atoms with Crippen LogP contribution < -0.4 is 4.90 Å². The van der Waals surface area contributed by atoms with Crippen LogP contribution in [0.3, 0.4) is 0 Å². The minimum absolute atomic E-state index is 0.0500. The molecule has 2 aromatic carbocycles. The lowest BCUT2D eigenvalue weighted by Crippen LogP contribution is -2.31. The van der Waals surface area contributed by atoms with Gasteiger partial charge >= 0.3 is 0 Å². The third-order valence-electron chi connectivity index (χ3n) is 3.69. The predicted molar refractivity (Wildman–Crippen MR) is 100.0 cm³/mol. The maximum atomic E-state index is 13.4. The molecule has 2 amide bonds. The normalized spacial score (nSPS) is 14.8. The molecular weight excluding hydrogens is 380 g/mol. The van der Waals surface area contributed by atoms with Gasteiger partial charge in [-0.05, 0) is 35.9 Å². The molecule has 0 fully saturated rings. The standard InChI is InChI=1S/C19H14ClF2NO2S/c1-10(2)26-17-16(11-3-5-12(21)6-4-11)18(24)23(19(17)25)13-7-8-15(22)14(20)9-13/h3-10H,1-2H3. The van der Waals surface area contributed by atoms with Crippen LogP contribution in [0.5, 0.6) is 0 Å². The van der Waals surface area contributed by atoms with Gasteiger partial charge in [0.25, 0.3) is 11.8 Å². The Balaban J connectivity index is 2.10. The molecule has 0 radical (unpaired) electrons. The van der Waals surface area contributed by atoms with Crippen molar-refractivity contribution in [3.8, 4) is 0 Å². The molecule has 0 aromatic heterocycles. The minimum atomic E-state index is -0.641. The van der Waals surface area contributed by atoms with Crippen LogP contribution in [0.15, 0.2) is 47.4 Å². The highest BCUT2D eigenvalue weighted by Gasteiger charge is 2.40. The van der Waals surface area contributed by atoms with Crippen molar-refractivity contribution in [1.29, 1.82) is 0 Å². The van der Waals surface area contributed by atoms with Crippen molar-refractivity contribution in [3.05, 3.63) is 69.6 Å². The van der Waals surface area contributed by atoms with E-state index in [0.717, 1.165) is 11.0 Å². The number of hydrogen-bond acceptors (Lipinski definition) is 3. The average Bonchev–Trinajstić information content (AvgIpc) is 2.81. The van der Waals surface area contributed by atoms with Crippen molar-refractivity contribution < 1.29 is 18.4 Å². The largest absolute Gasteiger partial charge is 0.272 e. The molecule has 0 atom stereocenters. The number of anilines is 1. The Hall–Kier alpha value is -2.18. The first-order chi connectivity index (χ1) is 12.3. The second-order valence-corrected chi connectivity index (χ2v) is 7.92. The molecule has 0 aliphatic carbocycles. The van der Waals surface area contributed by atoms with E-state index in [1.807, 2.05) is 13.8 Å². The molecule has 0 spiro atoms. The lowest BCUT2D eigenvalue weighted by atomic mass is 10.1. The SMILES string of the molecule is CC(C)SC1=C(c2ccc(F)cc2)C(=O)N(c2ccc(F)c(Cl)c2)C1=O. The van der Waals surface area contributed by atoms with Gasteiger partial charge in [0, 0.05) is 5.25 Å². The van der Waals surface area contributed by atoms with Crippen molar-refractivity contribution in [3.63, 3.8) is 0 Å². The Morgan fingerprint density at radius 1 is 1.00 bits per heavy atom. The molecule has 2 aromatic rings. The molecule has 3 rings (SSSR count). The van der Waals surface area contributed by atoms with Crippen molar-refractivity contribution in [2.45, 2.75) is 19.1 Å². The highest BCUT2D eigenvalue weighted by Crippen LogP contribution is 2.40. The molecule has 0 saturated heterocycles. The molecule has 7 heteroatoms. The molecule has 0 N–H and O–H groups in total. The zero-order valence-corrected chi connectivity index (χ0v) is 15.5. The Morgan fingerprint density at radius 3 is 2.23 bits per heavy atom. The Bertz CT molecular complexity index is 926. The maximum absolute atomic E-state index is 13.4. The third-order valence-corrected chi connectivity index (χ3v) is 5.06. The van der Waals surface area contributed by atoms with Gasteiger partial charge in [0.15, 0.2) is 0 Å². The first-order valence-corrected chi connectivity index (χ1v) is 9.06. The zero-order chi connectivity index (χ0) is 19.0. The van der Waals surface area contributed by atoms with Crippen LogP contribution in [0.25, 0.3) is 5.57 Å². The van der Waals surface area contributed by atoms with Crippen LogP contribution in [-0.4, -0.2) is 17.1 Å². The summed E-state index contributed by atoms with van der Waals surface area (Å²) in [5, 5.41) is -0.134. The molecule has 0 unspecified atom stereocenters. The number of carbonyl (C=O) groups excluding carboxylic acids is 2. The molecule has 1 heterocycles. The molecular formula is C19H14ClF2NO2S. The number of thioether (sulfide) groups is 1. The van der Waals surface area contributed by atoms with E-state index in [1.54, 1.807) is 0 Å². The van der Waals surface area contributed by atoms with E-state index in [9.17, 15) is 18.4 Å². The topological polar surface area (TPSA) is 37.4 Å². The number of imide groups is 1. The average molecular weight is 394 g/mol. The number of amides is 2. The van der Waals surface area contributed by atoms with E-state index in [2.05, 4.69) is 0 Å². The summed E-state index contributed by atoms with van der Waals surface area (Å²) in [7, 11) is 0. The minimum Gasteiger partial charge on any atom is -0.268 e. The summed E-state index contributed by atoms with van der Waals surface area (Å²) >= 11 is 7.05. The molecule has 26 heavy (non-hydrogen) atoms. The highest BCUT2D eigenvalue weighted by molar-refractivity contribution is 8.04. The fourth-order valence-electron chi connectivity index (χ4n) is 2.58. The molecule has 1 aliphatic rings. The van der Waals surface area contributed by atoms with Crippen LogP contribution in [-0.2, 0) is 9.59 Å². The van der Waals surface area contributed by atoms with Gasteiger partial charge in [0.1, 0.15) is 11.6 Å². The van der Waals surface area contributed by atoms with Crippen molar-refractivity contribution in [2.24, 2.45) is 0 Å². The number of benzene rings is 2. The number of rotatable bonds is 4. The van der Waals surface area contributed by atoms with Crippen molar-refractivity contribution in [1.82, 2.24) is 0 Å². The number of nitrogens with zero attached hydrogens (tertiary/aromatic N) is 1. The van der Waals surface area contributed by atoms with E-state index < -0.39 is 23.4 Å². The van der Waals surface area contributed by atoms with E-state index in [4.69, 9.17) is 11.6 Å². The quantitative estimate of drug-likeness (QED) is 0.682. The Kier molecular flexibility index (Phi) is 5.16. The first-order valence-electron chi connectivity index (χ1n) is 7.80. The molecule has 3 nitrogen and oxygen atoms in total. The predicted octanol–water partition coefficient (Wildman–Crippen LogP) is 5.04. The summed E-state index contributed by atoms with van der Waals surface area (Å²) in [6, 6.07) is 9.03. The summed E-state index contributed by atoms with van der Waals surface area (Å²) in [5.74, 6) is -2.13. The van der Waals surface area contributed by atoms with Gasteiger partial charge in [-0.1, -0.05) is 37.6 Å². The van der Waals surface area contributed by atoms with Gasteiger partial charge in [-0.2, -0.15) is 0 Å². The van der Waals surface area contributed by atoms with E-state index >= 15 is 0 Å². The maximum Gasteiger partial charge on any atom is 0.272 e. The molecule has 0 saturated carbocycles. The lowest BCUT2D eigenvalue weighted by molar-refractivity contribution is -0.119. The number of carbonyl (C=O) groups is 2. The smallest absolute Gasteiger partial charge is 0.268 e. The van der Waals surface area contributed by atoms with Gasteiger partial charge in [-0.25, -0.2) is 13.7 Å². The van der Waals surface area contributed by atoms with Crippen LogP contribution in [0.4, 0.5) is 14.5 Å². The van der Waals surface area contributed by atoms with Crippen LogP contribution in [0.1, 0.15) is 19.4 Å². The van der Waals surface area contributed by atoms with E-state index in [0.29, 0.717) is 5.56 Å². The van der Waals surface area contributed by atoms with E-state index in [-0.39, 0.29) is 26.4 Å². The summed E-state index contributed by atoms with van der Waals surface area (Å²) in [6.45, 7) is 3.80. The third kappa shape index (κ3) is 3.39. The van der Waals surface area contributed by atoms with Crippen LogP contribution >= 0.6 is 23.4 Å². The van der Waals surface area contributed by atoms with Crippen LogP contribution in [0, 0.1) is 11.6 Å². The van der Waals surface area contributed by atoms with E-state index in [1.165, 1.54) is 48.2 Å². The summed E-state index contributed by atoms with van der Waals surface area (Å²) < 4.78 is 26.7. The molecule has 1 aliphatic heterocycles. The summed E-state index contributed by atoms with van der Waals surface area (Å²) in [4.78, 5) is 27.1. The molecule has 0 bridgehead atoms. The fourth-order valence-corrected chi connectivity index (χ4v) is 3.75. The number of hydrogen-bond donors (Lipinski definition) is 0. The van der Waals surface area contributed by atoms with Crippen LogP contribution in [0.2, 0.25) is 5.02 Å². The number of halogens is 3. The highest BCUT2D eigenvalue weighted by atomic mass is 35.5. The van der Waals surface area contributed by atoms with Gasteiger partial charge in [0.2, 0.25) is 0 Å². The van der Waals surface area contributed by atoms with Gasteiger partial charge in [-0.3, -0.25) is 9.59 Å². The Morgan fingerprint density at radius 2 is 1.65 bits per heavy atom. The van der Waals surface area contributed by atoms with Gasteiger partial charge < -0.3 is 0 Å². The molecule has 134 valence electrons. The van der Waals surface area contributed by atoms with Crippen molar-refractivity contribution >= 4 is 46.4 Å². The van der Waals surface area contributed by atoms with Gasteiger partial charge in [-0.15, -0.1) is 11.8 Å². The second-order valence-electron chi connectivity index (χ2n) is 5.92. The van der Waals surface area contributed by atoms with Gasteiger partial charge in [0.05, 0.1) is 21.2 Å². The zero-order valence-electron chi connectivity index (χ0n) is 13.9. The van der Waals surface area contributed by atoms with Crippen molar-refractivity contribution in [2.75, 3.05) is 4.90 Å². The monoisotopic (exact) mass is 393 g/mol. The first kappa shape index (κ1) is 18.6. The summed E-state index contributed by atoms with van der Waals surface area (Å²) in [5.41, 5.74) is 0.836. The fraction of sp³-hybridized carbons (Fsp3) is 0.158. The lowest BCUT2D eigenvalue weighted by Gasteiger charge is -2.16.